The molecule has 5 rings (SSSR count). The molecule has 2 aliphatic rings. The van der Waals surface area contributed by atoms with Crippen molar-refractivity contribution in [3.8, 4) is 0 Å². The molecule has 3 aromatic rings. The number of aromatic nitrogens is 2. The summed E-state index contributed by atoms with van der Waals surface area (Å²) >= 11 is 0. The van der Waals surface area contributed by atoms with Crippen molar-refractivity contribution in [1.29, 1.82) is 0 Å². The zero-order chi connectivity index (χ0) is 27.0. The maximum atomic E-state index is 14.3. The van der Waals surface area contributed by atoms with Crippen LogP contribution in [0.5, 0.6) is 0 Å². The summed E-state index contributed by atoms with van der Waals surface area (Å²) in [5.41, 5.74) is 2.39. The lowest BCUT2D eigenvalue weighted by Gasteiger charge is -2.41. The lowest BCUT2D eigenvalue weighted by Crippen LogP contribution is -2.49. The molecule has 1 amide bonds. The lowest BCUT2D eigenvalue weighted by molar-refractivity contribution is -0.121. The molecule has 2 saturated heterocycles. The third kappa shape index (κ3) is 5.16. The van der Waals surface area contributed by atoms with E-state index in [4.69, 9.17) is 5.11 Å². The number of nitrogens with zero attached hydrogens (tertiary/aromatic N) is 3. The number of halogens is 1. The summed E-state index contributed by atoms with van der Waals surface area (Å²) in [5.74, 6) is -2.37. The van der Waals surface area contributed by atoms with E-state index in [1.165, 1.54) is 4.31 Å². The molecule has 202 valence electrons. The van der Waals surface area contributed by atoms with Gasteiger partial charge in [0.2, 0.25) is 15.9 Å². The number of amides is 1. The molecule has 0 bridgehead atoms. The number of carbonyl (C=O) groups excluding carboxylic acids is 1. The number of benzene rings is 2. The molecule has 0 unspecified atom stereocenters. The molecule has 0 aliphatic carbocycles. The molecular weight excluding hydrogens is 513 g/mol. The number of sulfonamides is 1. The molecule has 0 saturated carbocycles. The lowest BCUT2D eigenvalue weighted by atomic mass is 9.93. The number of carboxylic acid groups (broad SMARTS) is 1. The fourth-order valence-electron chi connectivity index (χ4n) is 5.42. The fraction of sp³-hybridized carbons (Fsp3) is 0.423. The molecule has 2 fully saturated rings. The molecule has 2 aromatic carbocycles. The molecule has 0 radical (unpaired) electrons. The number of aromatic amines is 1. The quantitative estimate of drug-likeness (QED) is 0.434. The Morgan fingerprint density at radius 3 is 2.47 bits per heavy atom. The van der Waals surface area contributed by atoms with Crippen LogP contribution in [0.2, 0.25) is 0 Å². The van der Waals surface area contributed by atoms with E-state index in [-0.39, 0.29) is 36.5 Å². The minimum absolute atomic E-state index is 0.00197. The van der Waals surface area contributed by atoms with Gasteiger partial charge in [-0.05, 0) is 81.6 Å². The van der Waals surface area contributed by atoms with Crippen molar-refractivity contribution in [3.05, 3.63) is 53.5 Å². The van der Waals surface area contributed by atoms with Crippen LogP contribution >= 0.6 is 0 Å². The average molecular weight is 544 g/mol. The SMILES string of the molecule is Cc1cc2[nH]ncc2cc1NC(=O)C1CCN(C2CCN(S(=O)(=O)c3cc(C(=O)O)ccc3F)CC2)CC1. The van der Waals surface area contributed by atoms with Gasteiger partial charge in [-0.2, -0.15) is 9.40 Å². The standard InChI is InChI=1S/C26H30FN5O5S/c1-16-12-23-19(15-28-30-23)13-22(16)29-25(33)17-4-8-31(9-5-17)20-6-10-32(11-7-20)38(36,37)24-14-18(26(34)35)2-3-21(24)27/h2-3,12-15,17,20H,4-11H2,1H3,(H,28,30)(H,29,33)(H,34,35). The Hall–Kier alpha value is -3.35. The third-order valence-corrected chi connectivity index (χ3v) is 9.59. The molecule has 38 heavy (non-hydrogen) atoms. The van der Waals surface area contributed by atoms with Gasteiger partial charge in [-0.25, -0.2) is 17.6 Å². The first-order valence-corrected chi connectivity index (χ1v) is 14.1. The van der Waals surface area contributed by atoms with E-state index in [0.29, 0.717) is 25.7 Å². The summed E-state index contributed by atoms with van der Waals surface area (Å²) < 4.78 is 41.6. The number of carbonyl (C=O) groups is 2. The molecule has 3 heterocycles. The minimum Gasteiger partial charge on any atom is -0.478 e. The first-order chi connectivity index (χ1) is 18.1. The Bertz CT molecular complexity index is 1470. The van der Waals surface area contributed by atoms with E-state index in [1.807, 2.05) is 19.1 Å². The Kier molecular flexibility index (Phi) is 7.21. The number of hydrogen-bond acceptors (Lipinski definition) is 6. The second-order valence-corrected chi connectivity index (χ2v) is 11.9. The van der Waals surface area contributed by atoms with Crippen molar-refractivity contribution in [1.82, 2.24) is 19.4 Å². The molecule has 1 aromatic heterocycles. The van der Waals surface area contributed by atoms with E-state index < -0.39 is 26.7 Å². The van der Waals surface area contributed by atoms with Crippen LogP contribution in [-0.4, -0.2) is 77.0 Å². The summed E-state index contributed by atoms with van der Waals surface area (Å²) in [6.45, 7) is 3.87. The Morgan fingerprint density at radius 1 is 1.08 bits per heavy atom. The number of rotatable bonds is 6. The fourth-order valence-corrected chi connectivity index (χ4v) is 6.98. The highest BCUT2D eigenvalue weighted by molar-refractivity contribution is 7.89. The zero-order valence-electron chi connectivity index (χ0n) is 21.0. The number of nitrogens with one attached hydrogen (secondary N) is 2. The predicted octanol–water partition coefficient (Wildman–Crippen LogP) is 3.21. The Balaban J connectivity index is 1.15. The number of H-pyrrole nitrogens is 1. The molecular formula is C26H30FN5O5S. The van der Waals surface area contributed by atoms with Crippen molar-refractivity contribution in [2.24, 2.45) is 5.92 Å². The first-order valence-electron chi connectivity index (χ1n) is 12.6. The van der Waals surface area contributed by atoms with Crippen LogP contribution in [0, 0.1) is 18.7 Å². The van der Waals surface area contributed by atoms with Crippen molar-refractivity contribution < 1.29 is 27.5 Å². The van der Waals surface area contributed by atoms with E-state index in [1.54, 1.807) is 6.20 Å². The summed E-state index contributed by atoms with van der Waals surface area (Å²) in [4.78, 5) is 25.9. The minimum atomic E-state index is -4.15. The van der Waals surface area contributed by atoms with Gasteiger partial charge < -0.3 is 15.3 Å². The van der Waals surface area contributed by atoms with Crippen molar-refractivity contribution in [2.45, 2.75) is 43.5 Å². The molecule has 0 atom stereocenters. The molecule has 2 aliphatic heterocycles. The van der Waals surface area contributed by atoms with E-state index in [0.717, 1.165) is 53.4 Å². The average Bonchev–Trinajstić information content (AvgIpc) is 3.36. The highest BCUT2D eigenvalue weighted by Crippen LogP contribution is 2.29. The third-order valence-electron chi connectivity index (χ3n) is 7.68. The number of aryl methyl sites for hydroxylation is 1. The smallest absolute Gasteiger partial charge is 0.335 e. The van der Waals surface area contributed by atoms with Gasteiger partial charge in [0.05, 0.1) is 17.3 Å². The topological polar surface area (TPSA) is 136 Å². The van der Waals surface area contributed by atoms with Crippen LogP contribution in [0.1, 0.15) is 41.6 Å². The zero-order valence-corrected chi connectivity index (χ0v) is 21.8. The molecule has 10 nitrogen and oxygen atoms in total. The number of fused-ring (bicyclic) bond motifs is 1. The van der Waals surface area contributed by atoms with Crippen LogP contribution in [0.25, 0.3) is 10.9 Å². The number of hydrogen-bond donors (Lipinski definition) is 3. The van der Waals surface area contributed by atoms with Gasteiger partial charge in [-0.15, -0.1) is 0 Å². The van der Waals surface area contributed by atoms with Crippen LogP contribution in [-0.2, 0) is 14.8 Å². The van der Waals surface area contributed by atoms with Gasteiger partial charge in [-0.3, -0.25) is 9.89 Å². The van der Waals surface area contributed by atoms with Crippen molar-refractivity contribution in [3.63, 3.8) is 0 Å². The summed E-state index contributed by atoms with van der Waals surface area (Å²) in [6, 6.07) is 6.86. The Morgan fingerprint density at radius 2 is 1.79 bits per heavy atom. The van der Waals surface area contributed by atoms with Gasteiger partial charge in [0.15, 0.2) is 0 Å². The van der Waals surface area contributed by atoms with E-state index in [2.05, 4.69) is 20.4 Å². The van der Waals surface area contributed by atoms with Gasteiger partial charge in [0.1, 0.15) is 10.7 Å². The van der Waals surface area contributed by atoms with Crippen molar-refractivity contribution in [2.75, 3.05) is 31.5 Å². The monoisotopic (exact) mass is 543 g/mol. The largest absolute Gasteiger partial charge is 0.478 e. The second-order valence-electron chi connectivity index (χ2n) is 10.0. The number of piperidine rings is 2. The summed E-state index contributed by atoms with van der Waals surface area (Å²) in [7, 11) is -4.15. The normalized spacial score (nSPS) is 18.6. The van der Waals surface area contributed by atoms with Crippen LogP contribution < -0.4 is 5.32 Å². The molecule has 0 spiro atoms. The molecule has 3 N–H and O–H groups in total. The van der Waals surface area contributed by atoms with Crippen LogP contribution in [0.4, 0.5) is 10.1 Å². The van der Waals surface area contributed by atoms with Gasteiger partial charge in [-0.1, -0.05) is 0 Å². The van der Waals surface area contributed by atoms with E-state index in [9.17, 15) is 22.4 Å². The maximum Gasteiger partial charge on any atom is 0.335 e. The van der Waals surface area contributed by atoms with Gasteiger partial charge in [0.25, 0.3) is 0 Å². The number of carboxylic acids is 1. The summed E-state index contributed by atoms with van der Waals surface area (Å²) in [5, 5.41) is 20.1. The van der Waals surface area contributed by atoms with Crippen molar-refractivity contribution >= 4 is 38.5 Å². The van der Waals surface area contributed by atoms with E-state index >= 15 is 0 Å². The Labute approximate surface area is 219 Å². The highest BCUT2D eigenvalue weighted by Gasteiger charge is 2.35. The number of aromatic carboxylic acids is 1. The summed E-state index contributed by atoms with van der Waals surface area (Å²) in [6.07, 6.45) is 4.32. The number of anilines is 1. The van der Waals surface area contributed by atoms with Crippen LogP contribution in [0.15, 0.2) is 41.4 Å². The first kappa shape index (κ1) is 26.3. The van der Waals surface area contributed by atoms with Gasteiger partial charge >= 0.3 is 5.97 Å². The number of likely N-dealkylation sites (tertiary alicyclic amines) is 1. The molecule has 12 heteroatoms. The van der Waals surface area contributed by atoms with Gasteiger partial charge in [0, 0.05) is 36.1 Å². The maximum absolute atomic E-state index is 14.3. The highest BCUT2D eigenvalue weighted by atomic mass is 32.2. The predicted molar refractivity (Wildman–Crippen MR) is 139 cm³/mol. The van der Waals surface area contributed by atoms with Crippen LogP contribution in [0.3, 0.4) is 0 Å². The second kappa shape index (κ2) is 10.4.